The van der Waals surface area contributed by atoms with Crippen molar-refractivity contribution in [2.45, 2.75) is 58.1 Å². The van der Waals surface area contributed by atoms with Crippen molar-refractivity contribution in [1.29, 1.82) is 0 Å². The zero-order valence-electron chi connectivity index (χ0n) is 13.5. The van der Waals surface area contributed by atoms with E-state index in [1.54, 1.807) is 0 Å². The van der Waals surface area contributed by atoms with E-state index in [9.17, 15) is 9.59 Å². The van der Waals surface area contributed by atoms with Gasteiger partial charge < -0.3 is 15.2 Å². The Morgan fingerprint density at radius 3 is 2.41 bits per heavy atom. The van der Waals surface area contributed by atoms with E-state index in [0.717, 1.165) is 5.56 Å². The van der Waals surface area contributed by atoms with Crippen molar-refractivity contribution in [1.82, 2.24) is 5.32 Å². The maximum absolute atomic E-state index is 11.9. The predicted octanol–water partition coefficient (Wildman–Crippen LogP) is 3.38. The van der Waals surface area contributed by atoms with E-state index < -0.39 is 17.7 Å². The first-order chi connectivity index (χ1) is 10.3. The number of carboxylic acids is 1. The Morgan fingerprint density at radius 2 is 1.86 bits per heavy atom. The lowest BCUT2D eigenvalue weighted by molar-refractivity contribution is -0.137. The average molecular weight is 307 g/mol. The SMILES string of the molecule is CC(C)(C)OC(=O)N[C@@H](CCCC(=O)O)Cc1ccccc1. The highest BCUT2D eigenvalue weighted by atomic mass is 16.6. The van der Waals surface area contributed by atoms with E-state index in [-0.39, 0.29) is 12.5 Å². The molecule has 1 rings (SSSR count). The second kappa shape index (κ2) is 8.41. The van der Waals surface area contributed by atoms with Gasteiger partial charge in [-0.1, -0.05) is 30.3 Å². The number of nitrogens with one attached hydrogen (secondary N) is 1. The van der Waals surface area contributed by atoms with E-state index in [1.165, 1.54) is 0 Å². The number of amides is 1. The highest BCUT2D eigenvalue weighted by Gasteiger charge is 2.19. The fourth-order valence-corrected chi connectivity index (χ4v) is 2.10. The summed E-state index contributed by atoms with van der Waals surface area (Å²) in [6.45, 7) is 5.43. The van der Waals surface area contributed by atoms with Crippen LogP contribution >= 0.6 is 0 Å². The number of benzene rings is 1. The fraction of sp³-hybridized carbons (Fsp3) is 0.529. The number of aliphatic carboxylic acids is 1. The normalized spacial score (nSPS) is 12.5. The van der Waals surface area contributed by atoms with Gasteiger partial charge in [0.1, 0.15) is 5.60 Å². The Kier molecular flexibility index (Phi) is 6.89. The smallest absolute Gasteiger partial charge is 0.407 e. The lowest BCUT2D eigenvalue weighted by Crippen LogP contribution is -2.40. The third-order valence-corrected chi connectivity index (χ3v) is 2.99. The highest BCUT2D eigenvalue weighted by molar-refractivity contribution is 5.68. The molecule has 22 heavy (non-hydrogen) atoms. The lowest BCUT2D eigenvalue weighted by atomic mass is 10.0. The first-order valence-corrected chi connectivity index (χ1v) is 7.51. The summed E-state index contributed by atoms with van der Waals surface area (Å²) in [5.41, 5.74) is 0.543. The maximum Gasteiger partial charge on any atom is 0.407 e. The van der Waals surface area contributed by atoms with Crippen molar-refractivity contribution in [2.24, 2.45) is 0 Å². The molecular weight excluding hydrogens is 282 g/mol. The second-order valence-corrected chi connectivity index (χ2v) is 6.32. The maximum atomic E-state index is 11.9. The van der Waals surface area contributed by atoms with Crippen molar-refractivity contribution < 1.29 is 19.4 Å². The van der Waals surface area contributed by atoms with Crippen LogP contribution in [0.25, 0.3) is 0 Å². The molecule has 0 radical (unpaired) electrons. The number of ether oxygens (including phenoxy) is 1. The summed E-state index contributed by atoms with van der Waals surface area (Å²) < 4.78 is 5.27. The third kappa shape index (κ3) is 8.29. The summed E-state index contributed by atoms with van der Waals surface area (Å²) in [6, 6.07) is 9.65. The van der Waals surface area contributed by atoms with Crippen LogP contribution in [0.1, 0.15) is 45.6 Å². The third-order valence-electron chi connectivity index (χ3n) is 2.99. The monoisotopic (exact) mass is 307 g/mol. The molecule has 1 aromatic carbocycles. The zero-order valence-corrected chi connectivity index (χ0v) is 13.5. The number of carboxylic acid groups (broad SMARTS) is 1. The minimum absolute atomic E-state index is 0.0985. The van der Waals surface area contributed by atoms with Gasteiger partial charge in [0.05, 0.1) is 0 Å². The summed E-state index contributed by atoms with van der Waals surface area (Å²) in [5, 5.41) is 11.6. The largest absolute Gasteiger partial charge is 0.481 e. The molecule has 0 unspecified atom stereocenters. The highest BCUT2D eigenvalue weighted by Crippen LogP contribution is 2.12. The van der Waals surface area contributed by atoms with Gasteiger partial charge in [-0.05, 0) is 45.6 Å². The van der Waals surface area contributed by atoms with Gasteiger partial charge in [-0.2, -0.15) is 0 Å². The number of hydrogen-bond donors (Lipinski definition) is 2. The molecule has 0 aliphatic heterocycles. The molecule has 1 atom stereocenters. The second-order valence-electron chi connectivity index (χ2n) is 6.32. The number of rotatable bonds is 7. The van der Waals surface area contributed by atoms with Crippen LogP contribution < -0.4 is 5.32 Å². The Morgan fingerprint density at radius 1 is 1.23 bits per heavy atom. The topological polar surface area (TPSA) is 75.6 Å². The van der Waals surface area contributed by atoms with E-state index >= 15 is 0 Å². The standard InChI is InChI=1S/C17H25NO4/c1-17(2,3)22-16(21)18-14(10-7-11-15(19)20)12-13-8-5-4-6-9-13/h4-6,8-9,14H,7,10-12H2,1-3H3,(H,18,21)(H,19,20)/t14-/m0/s1. The molecule has 5 nitrogen and oxygen atoms in total. The van der Waals surface area contributed by atoms with E-state index in [0.29, 0.717) is 19.3 Å². The molecule has 5 heteroatoms. The van der Waals surface area contributed by atoms with Crippen LogP contribution in [-0.2, 0) is 16.0 Å². The fourth-order valence-electron chi connectivity index (χ4n) is 2.10. The van der Waals surface area contributed by atoms with Crippen LogP contribution in [0.2, 0.25) is 0 Å². The summed E-state index contributed by atoms with van der Waals surface area (Å²) in [7, 11) is 0. The zero-order chi connectivity index (χ0) is 16.6. The van der Waals surface area contributed by atoms with Gasteiger partial charge in [-0.15, -0.1) is 0 Å². The summed E-state index contributed by atoms with van der Waals surface area (Å²) in [5.74, 6) is -0.823. The van der Waals surface area contributed by atoms with Gasteiger partial charge >= 0.3 is 12.1 Å². The summed E-state index contributed by atoms with van der Waals surface area (Å²) >= 11 is 0. The molecular formula is C17H25NO4. The quantitative estimate of drug-likeness (QED) is 0.809. The molecule has 0 aliphatic carbocycles. The Bertz CT molecular complexity index is 479. The number of carbonyl (C=O) groups is 2. The number of hydrogen-bond acceptors (Lipinski definition) is 3. The molecule has 0 aromatic heterocycles. The lowest BCUT2D eigenvalue weighted by Gasteiger charge is -2.23. The van der Waals surface area contributed by atoms with Gasteiger partial charge in [0, 0.05) is 12.5 Å². The van der Waals surface area contributed by atoms with Crippen LogP contribution in [0.15, 0.2) is 30.3 Å². The van der Waals surface area contributed by atoms with E-state index in [1.807, 2.05) is 51.1 Å². The van der Waals surface area contributed by atoms with Crippen LogP contribution in [0.3, 0.4) is 0 Å². The van der Waals surface area contributed by atoms with Crippen molar-refractivity contribution in [2.75, 3.05) is 0 Å². The van der Waals surface area contributed by atoms with Gasteiger partial charge in [0.2, 0.25) is 0 Å². The molecule has 2 N–H and O–H groups in total. The predicted molar refractivity (Wildman–Crippen MR) is 84.8 cm³/mol. The average Bonchev–Trinajstić information content (AvgIpc) is 2.36. The molecule has 1 amide bonds. The first-order valence-electron chi connectivity index (χ1n) is 7.51. The minimum atomic E-state index is -0.823. The van der Waals surface area contributed by atoms with Crippen LogP contribution in [0.4, 0.5) is 4.79 Å². The Labute approximate surface area is 131 Å². The van der Waals surface area contributed by atoms with Crippen LogP contribution in [0.5, 0.6) is 0 Å². The van der Waals surface area contributed by atoms with Gasteiger partial charge in [-0.25, -0.2) is 4.79 Å². The van der Waals surface area contributed by atoms with Gasteiger partial charge in [-0.3, -0.25) is 4.79 Å². The summed E-state index contributed by atoms with van der Waals surface area (Å²) in [6.07, 6.45) is 1.40. The minimum Gasteiger partial charge on any atom is -0.481 e. The van der Waals surface area contributed by atoms with Gasteiger partial charge in [0.15, 0.2) is 0 Å². The molecule has 0 fully saturated rings. The van der Waals surface area contributed by atoms with Gasteiger partial charge in [0.25, 0.3) is 0 Å². The summed E-state index contributed by atoms with van der Waals surface area (Å²) in [4.78, 5) is 22.5. The Balaban J connectivity index is 2.60. The number of carbonyl (C=O) groups excluding carboxylic acids is 1. The molecule has 0 heterocycles. The van der Waals surface area contributed by atoms with Crippen LogP contribution in [0, 0.1) is 0 Å². The molecule has 0 saturated heterocycles. The Hall–Kier alpha value is -2.04. The molecule has 0 aliphatic rings. The molecule has 122 valence electrons. The molecule has 0 bridgehead atoms. The molecule has 0 spiro atoms. The number of alkyl carbamates (subject to hydrolysis) is 1. The van der Waals surface area contributed by atoms with Crippen molar-refractivity contribution in [3.05, 3.63) is 35.9 Å². The van der Waals surface area contributed by atoms with Crippen molar-refractivity contribution in [3.63, 3.8) is 0 Å². The van der Waals surface area contributed by atoms with E-state index in [4.69, 9.17) is 9.84 Å². The first kappa shape index (κ1) is 18.0. The molecule has 0 saturated carbocycles. The molecule has 1 aromatic rings. The van der Waals surface area contributed by atoms with Crippen molar-refractivity contribution >= 4 is 12.1 Å². The van der Waals surface area contributed by atoms with Crippen LogP contribution in [-0.4, -0.2) is 28.8 Å². The van der Waals surface area contributed by atoms with Crippen molar-refractivity contribution in [3.8, 4) is 0 Å². The van der Waals surface area contributed by atoms with E-state index in [2.05, 4.69) is 5.32 Å².